The highest BCUT2D eigenvalue weighted by molar-refractivity contribution is 6.40. The zero-order valence-electron chi connectivity index (χ0n) is 18.1. The molecule has 1 aliphatic carbocycles. The van der Waals surface area contributed by atoms with E-state index in [1.807, 2.05) is 0 Å². The molecular formula is C23H28BF3N2O4. The van der Waals surface area contributed by atoms with Gasteiger partial charge in [0.15, 0.2) is 0 Å². The van der Waals surface area contributed by atoms with Gasteiger partial charge in [0.2, 0.25) is 0 Å². The van der Waals surface area contributed by atoms with Gasteiger partial charge in [0.1, 0.15) is 23.0 Å². The van der Waals surface area contributed by atoms with Gasteiger partial charge in [0.05, 0.1) is 0 Å². The Kier molecular flexibility index (Phi) is 8.17. The summed E-state index contributed by atoms with van der Waals surface area (Å²) in [7, 11) is -1.41. The quantitative estimate of drug-likeness (QED) is 0.258. The molecular weight excluding hydrogens is 436 g/mol. The van der Waals surface area contributed by atoms with Crippen molar-refractivity contribution in [3.63, 3.8) is 0 Å². The van der Waals surface area contributed by atoms with Gasteiger partial charge in [-0.25, -0.2) is 13.2 Å². The minimum atomic E-state index is -1.41. The van der Waals surface area contributed by atoms with Crippen LogP contribution in [-0.2, 0) is 11.3 Å². The topological polar surface area (TPSA) is 116 Å². The molecule has 1 unspecified atom stereocenters. The van der Waals surface area contributed by atoms with Gasteiger partial charge in [-0.3, -0.25) is 4.79 Å². The number of halogens is 3. The Bertz CT molecular complexity index is 988. The van der Waals surface area contributed by atoms with Gasteiger partial charge >= 0.3 is 13.1 Å². The first-order valence-corrected chi connectivity index (χ1v) is 11.0. The summed E-state index contributed by atoms with van der Waals surface area (Å²) in [5.41, 5.74) is 5.49. The molecule has 6 N–H and O–H groups in total. The second-order valence-corrected chi connectivity index (χ2v) is 8.76. The molecule has 0 bridgehead atoms. The number of hydrogen-bond acceptors (Lipinski definition) is 5. The Balaban J connectivity index is 1.52. The number of hydrogen-bond donors (Lipinski definition) is 5. The van der Waals surface area contributed by atoms with E-state index in [4.69, 9.17) is 15.8 Å². The maximum Gasteiger partial charge on any atom is 0.451 e. The highest BCUT2D eigenvalue weighted by atomic mass is 19.1. The molecule has 178 valence electrons. The molecule has 1 atom stereocenters. The summed E-state index contributed by atoms with van der Waals surface area (Å²) in [5, 5.41) is 30.7. The van der Waals surface area contributed by atoms with Crippen molar-refractivity contribution >= 4 is 13.1 Å². The lowest BCUT2D eigenvalue weighted by molar-refractivity contribution is -0.148. The molecule has 33 heavy (non-hydrogen) atoms. The predicted molar refractivity (Wildman–Crippen MR) is 119 cm³/mol. The van der Waals surface area contributed by atoms with Crippen LogP contribution in [0.5, 0.6) is 0 Å². The summed E-state index contributed by atoms with van der Waals surface area (Å²) in [6.45, 7) is 0.347. The highest BCUT2D eigenvalue weighted by Crippen LogP contribution is 2.38. The fraction of sp³-hybridized carbons (Fsp3) is 0.435. The van der Waals surface area contributed by atoms with E-state index < -0.39 is 36.1 Å². The van der Waals surface area contributed by atoms with Crippen molar-refractivity contribution in [1.82, 2.24) is 5.32 Å². The lowest BCUT2D eigenvalue weighted by Gasteiger charge is -2.45. The first kappa shape index (κ1) is 25.2. The second kappa shape index (κ2) is 10.7. The van der Waals surface area contributed by atoms with Crippen molar-refractivity contribution < 1.29 is 33.1 Å². The van der Waals surface area contributed by atoms with Crippen LogP contribution in [0.4, 0.5) is 13.2 Å². The average molecular weight is 464 g/mol. The van der Waals surface area contributed by atoms with Gasteiger partial charge in [-0.2, -0.15) is 0 Å². The van der Waals surface area contributed by atoms with Gasteiger partial charge in [-0.15, -0.1) is 0 Å². The number of unbranched alkanes of at least 4 members (excludes halogenated alkanes) is 1. The fourth-order valence-electron chi connectivity index (χ4n) is 4.29. The lowest BCUT2D eigenvalue weighted by Crippen LogP contribution is -2.61. The van der Waals surface area contributed by atoms with Crippen LogP contribution in [0.3, 0.4) is 0 Å². The molecule has 0 aliphatic heterocycles. The molecule has 0 saturated heterocycles. The summed E-state index contributed by atoms with van der Waals surface area (Å²) >= 11 is 0. The smallest absolute Gasteiger partial charge is 0.451 e. The number of aliphatic carboxylic acids is 1. The molecule has 6 nitrogen and oxygen atoms in total. The fourth-order valence-corrected chi connectivity index (χ4v) is 4.29. The number of benzene rings is 2. The van der Waals surface area contributed by atoms with Gasteiger partial charge in [0, 0.05) is 29.8 Å². The molecule has 3 rings (SSSR count). The number of carboxylic acid groups (broad SMARTS) is 1. The summed E-state index contributed by atoms with van der Waals surface area (Å²) < 4.78 is 41.6. The molecule has 1 fully saturated rings. The molecule has 0 aromatic heterocycles. The summed E-state index contributed by atoms with van der Waals surface area (Å²) in [6.07, 6.45) is 2.50. The van der Waals surface area contributed by atoms with Crippen LogP contribution in [-0.4, -0.2) is 39.8 Å². The lowest BCUT2D eigenvalue weighted by atomic mass is 9.66. The predicted octanol–water partition coefficient (Wildman–Crippen LogP) is 3.06. The first-order valence-electron chi connectivity index (χ1n) is 11.0. The van der Waals surface area contributed by atoms with Gasteiger partial charge in [-0.05, 0) is 55.3 Å². The first-order chi connectivity index (χ1) is 15.6. The van der Waals surface area contributed by atoms with E-state index in [0.29, 0.717) is 43.9 Å². The van der Waals surface area contributed by atoms with Gasteiger partial charge < -0.3 is 26.2 Å². The van der Waals surface area contributed by atoms with Crippen LogP contribution in [0.2, 0.25) is 6.32 Å². The largest absolute Gasteiger partial charge is 0.480 e. The third-order valence-electron chi connectivity index (χ3n) is 6.42. The van der Waals surface area contributed by atoms with Crippen molar-refractivity contribution in [2.45, 2.75) is 56.5 Å². The maximum absolute atomic E-state index is 14.5. The summed E-state index contributed by atoms with van der Waals surface area (Å²) in [5.74, 6) is -3.47. The number of carboxylic acids is 1. The Hall–Kier alpha value is -2.40. The minimum Gasteiger partial charge on any atom is -0.480 e. The molecule has 0 radical (unpaired) electrons. The molecule has 1 aliphatic rings. The van der Waals surface area contributed by atoms with Crippen molar-refractivity contribution in [2.75, 3.05) is 0 Å². The molecule has 1 saturated carbocycles. The summed E-state index contributed by atoms with van der Waals surface area (Å²) in [6, 6.07) is 7.42. The van der Waals surface area contributed by atoms with Crippen LogP contribution in [0.15, 0.2) is 36.4 Å². The normalized spacial score (nSPS) is 19.6. The molecule has 0 amide bonds. The van der Waals surface area contributed by atoms with Crippen LogP contribution in [0, 0.1) is 23.4 Å². The average Bonchev–Trinajstić information content (AvgIpc) is 2.70. The number of nitrogens with two attached hydrogens (primary N) is 1. The maximum atomic E-state index is 14.5. The third-order valence-corrected chi connectivity index (χ3v) is 6.42. The molecule has 2 aromatic carbocycles. The Morgan fingerprint density at radius 1 is 1.06 bits per heavy atom. The Morgan fingerprint density at radius 2 is 1.70 bits per heavy atom. The van der Waals surface area contributed by atoms with E-state index in [0.717, 1.165) is 6.07 Å². The van der Waals surface area contributed by atoms with E-state index >= 15 is 0 Å². The van der Waals surface area contributed by atoms with Crippen LogP contribution in [0.25, 0.3) is 11.1 Å². The van der Waals surface area contributed by atoms with E-state index in [2.05, 4.69) is 5.32 Å². The van der Waals surface area contributed by atoms with Crippen molar-refractivity contribution in [2.24, 2.45) is 11.7 Å². The monoisotopic (exact) mass is 464 g/mol. The molecule has 0 spiro atoms. The standard InChI is InChI=1S/C23H28BF3N2O4/c25-16-4-6-19(21(27)12-16)18-5-3-14(9-20(18)26)13-29-17-10-15(11-17)23(28,22(30)31)7-1-2-8-24(32)33/h3-6,9,12,15,17,29,32-33H,1-2,7-8,10-11,13,28H2,(H,30,31). The Morgan fingerprint density at radius 3 is 2.27 bits per heavy atom. The zero-order chi connectivity index (χ0) is 24.2. The van der Waals surface area contributed by atoms with E-state index in [1.54, 1.807) is 6.07 Å². The third kappa shape index (κ3) is 6.14. The molecule has 2 aromatic rings. The van der Waals surface area contributed by atoms with Crippen molar-refractivity contribution in [3.05, 3.63) is 59.4 Å². The zero-order valence-corrected chi connectivity index (χ0v) is 18.1. The van der Waals surface area contributed by atoms with E-state index in [1.165, 1.54) is 18.2 Å². The number of rotatable bonds is 11. The Labute approximate surface area is 190 Å². The number of nitrogens with one attached hydrogen (secondary N) is 1. The number of carbonyl (C=O) groups is 1. The minimum absolute atomic E-state index is 0.0169. The SMILES string of the molecule is NC(CCCCB(O)O)(C(=O)O)C1CC(NCc2ccc(-c3ccc(F)cc3F)c(F)c2)C1. The van der Waals surface area contributed by atoms with E-state index in [9.17, 15) is 23.1 Å². The molecule has 0 heterocycles. The molecule has 10 heteroatoms. The van der Waals surface area contributed by atoms with Crippen LogP contribution in [0.1, 0.15) is 37.7 Å². The van der Waals surface area contributed by atoms with Gasteiger partial charge in [-0.1, -0.05) is 25.0 Å². The highest BCUT2D eigenvalue weighted by Gasteiger charge is 2.48. The van der Waals surface area contributed by atoms with E-state index in [-0.39, 0.29) is 35.8 Å². The summed E-state index contributed by atoms with van der Waals surface area (Å²) in [4.78, 5) is 11.8. The van der Waals surface area contributed by atoms with Crippen LogP contribution < -0.4 is 11.1 Å². The van der Waals surface area contributed by atoms with Crippen molar-refractivity contribution in [1.29, 1.82) is 0 Å². The van der Waals surface area contributed by atoms with Crippen LogP contribution >= 0.6 is 0 Å². The van der Waals surface area contributed by atoms with Crippen molar-refractivity contribution in [3.8, 4) is 11.1 Å². The second-order valence-electron chi connectivity index (χ2n) is 8.76. The van der Waals surface area contributed by atoms with Gasteiger partial charge in [0.25, 0.3) is 0 Å².